The molecule has 9 heteroatoms. The van der Waals surface area contributed by atoms with E-state index in [4.69, 9.17) is 18.7 Å². The summed E-state index contributed by atoms with van der Waals surface area (Å²) in [5.74, 6) is 2.84. The molecule has 0 aliphatic carbocycles. The molecule has 184 valence electrons. The third kappa shape index (κ3) is 6.19. The third-order valence-electron chi connectivity index (χ3n) is 5.83. The number of amides is 1. The van der Waals surface area contributed by atoms with Gasteiger partial charge in [-0.15, -0.1) is 0 Å². The highest BCUT2D eigenvalue weighted by atomic mass is 16.5. The molecule has 1 amide bonds. The van der Waals surface area contributed by atoms with Gasteiger partial charge in [-0.25, -0.2) is 0 Å². The second-order valence-corrected chi connectivity index (χ2v) is 8.27. The van der Waals surface area contributed by atoms with E-state index < -0.39 is 0 Å². The smallest absolute Gasteiger partial charge is 0.241 e. The Morgan fingerprint density at radius 3 is 2.74 bits per heavy atom. The molecule has 2 aromatic carbocycles. The number of nitrogens with one attached hydrogen (secondary N) is 1. The molecule has 1 fully saturated rings. The van der Waals surface area contributed by atoms with E-state index in [1.807, 2.05) is 36.4 Å². The number of methoxy groups -OCH3 is 2. The number of hydrogen-bond donors (Lipinski definition) is 1. The van der Waals surface area contributed by atoms with Crippen LogP contribution in [-0.4, -0.2) is 54.9 Å². The lowest BCUT2D eigenvalue weighted by Gasteiger charge is -2.30. The second-order valence-electron chi connectivity index (χ2n) is 8.27. The standard InChI is InChI=1S/C26H30N4O5/c1-4-14-34-21-10-8-20(9-11-21)27-26(31)19-6-5-13-30(16-19)17-24-28-25(29-35-24)18-7-12-22(32-2)23(15-18)33-3/h4,7-12,15,19H,1,5-6,13-14,16-17H2,2-3H3,(H,27,31). The quantitative estimate of drug-likeness (QED) is 0.434. The van der Waals surface area contributed by atoms with E-state index in [9.17, 15) is 4.79 Å². The molecule has 9 nitrogen and oxygen atoms in total. The first-order chi connectivity index (χ1) is 17.1. The van der Waals surface area contributed by atoms with Gasteiger partial charge in [-0.05, 0) is 61.9 Å². The van der Waals surface area contributed by atoms with Gasteiger partial charge >= 0.3 is 0 Å². The van der Waals surface area contributed by atoms with Crippen molar-refractivity contribution in [3.05, 3.63) is 61.0 Å². The zero-order chi connectivity index (χ0) is 24.6. The zero-order valence-corrected chi connectivity index (χ0v) is 20.0. The highest BCUT2D eigenvalue weighted by molar-refractivity contribution is 5.92. The number of ether oxygens (including phenoxy) is 3. The number of anilines is 1. The topological polar surface area (TPSA) is 99.0 Å². The van der Waals surface area contributed by atoms with Crippen molar-refractivity contribution in [3.63, 3.8) is 0 Å². The van der Waals surface area contributed by atoms with Crippen molar-refractivity contribution in [2.24, 2.45) is 5.92 Å². The van der Waals surface area contributed by atoms with Crippen molar-refractivity contribution in [1.29, 1.82) is 0 Å². The van der Waals surface area contributed by atoms with E-state index in [-0.39, 0.29) is 11.8 Å². The Morgan fingerprint density at radius 2 is 2.00 bits per heavy atom. The monoisotopic (exact) mass is 478 g/mol. The van der Waals surface area contributed by atoms with Crippen molar-refractivity contribution in [2.75, 3.05) is 39.2 Å². The van der Waals surface area contributed by atoms with E-state index in [0.29, 0.717) is 42.9 Å². The van der Waals surface area contributed by atoms with Crippen molar-refractivity contribution in [1.82, 2.24) is 15.0 Å². The molecule has 0 bridgehead atoms. The number of rotatable bonds is 10. The molecular weight excluding hydrogens is 448 g/mol. The fourth-order valence-corrected chi connectivity index (χ4v) is 4.05. The molecule has 0 spiro atoms. The van der Waals surface area contributed by atoms with Crippen LogP contribution in [0.15, 0.2) is 59.6 Å². The van der Waals surface area contributed by atoms with Crippen LogP contribution in [0, 0.1) is 5.92 Å². The van der Waals surface area contributed by atoms with Crippen LogP contribution >= 0.6 is 0 Å². The number of benzene rings is 2. The summed E-state index contributed by atoms with van der Waals surface area (Å²) in [6.45, 7) is 6.06. The summed E-state index contributed by atoms with van der Waals surface area (Å²) in [5.41, 5.74) is 1.52. The van der Waals surface area contributed by atoms with Crippen LogP contribution in [-0.2, 0) is 11.3 Å². The first kappa shape index (κ1) is 24.3. The zero-order valence-electron chi connectivity index (χ0n) is 20.0. The van der Waals surface area contributed by atoms with E-state index in [1.54, 1.807) is 26.4 Å². The molecule has 1 aliphatic rings. The van der Waals surface area contributed by atoms with Crippen LogP contribution in [0.4, 0.5) is 5.69 Å². The highest BCUT2D eigenvalue weighted by Crippen LogP contribution is 2.31. The van der Waals surface area contributed by atoms with Crippen molar-refractivity contribution >= 4 is 11.6 Å². The largest absolute Gasteiger partial charge is 0.493 e. The van der Waals surface area contributed by atoms with Gasteiger partial charge in [-0.3, -0.25) is 9.69 Å². The van der Waals surface area contributed by atoms with Gasteiger partial charge < -0.3 is 24.1 Å². The molecule has 1 aromatic heterocycles. The maximum atomic E-state index is 12.9. The Bertz CT molecular complexity index is 1140. The molecule has 0 saturated carbocycles. The molecule has 0 radical (unpaired) electrons. The minimum atomic E-state index is -0.117. The lowest BCUT2D eigenvalue weighted by atomic mass is 9.97. The van der Waals surface area contributed by atoms with E-state index in [1.165, 1.54) is 0 Å². The SMILES string of the molecule is C=CCOc1ccc(NC(=O)C2CCCN(Cc3nc(-c4ccc(OC)c(OC)c4)no3)C2)cc1. The number of piperidine rings is 1. The number of nitrogens with zero attached hydrogens (tertiary/aromatic N) is 3. The van der Waals surface area contributed by atoms with Gasteiger partial charge in [0.15, 0.2) is 11.5 Å². The summed E-state index contributed by atoms with van der Waals surface area (Å²) < 4.78 is 21.6. The van der Waals surface area contributed by atoms with Gasteiger partial charge in [0, 0.05) is 17.8 Å². The van der Waals surface area contributed by atoms with Crippen LogP contribution < -0.4 is 19.5 Å². The Morgan fingerprint density at radius 1 is 1.20 bits per heavy atom. The fourth-order valence-electron chi connectivity index (χ4n) is 4.05. The molecule has 35 heavy (non-hydrogen) atoms. The molecular formula is C26H30N4O5. The first-order valence-corrected chi connectivity index (χ1v) is 11.5. The maximum Gasteiger partial charge on any atom is 0.241 e. The van der Waals surface area contributed by atoms with Crippen molar-refractivity contribution in [2.45, 2.75) is 19.4 Å². The van der Waals surface area contributed by atoms with Crippen molar-refractivity contribution < 1.29 is 23.5 Å². The average molecular weight is 479 g/mol. The van der Waals surface area contributed by atoms with Crippen LogP contribution in [0.25, 0.3) is 11.4 Å². The summed E-state index contributed by atoms with van der Waals surface area (Å²) >= 11 is 0. The number of aromatic nitrogens is 2. The lowest BCUT2D eigenvalue weighted by Crippen LogP contribution is -2.40. The number of carbonyl (C=O) groups excluding carboxylic acids is 1. The summed E-state index contributed by atoms with van der Waals surface area (Å²) in [4.78, 5) is 19.6. The minimum Gasteiger partial charge on any atom is -0.493 e. The summed E-state index contributed by atoms with van der Waals surface area (Å²) in [7, 11) is 3.17. The molecule has 1 N–H and O–H groups in total. The molecule has 1 unspecified atom stereocenters. The average Bonchev–Trinajstić information content (AvgIpc) is 3.36. The predicted octanol–water partition coefficient (Wildman–Crippen LogP) is 4.17. The Labute approximate surface area is 204 Å². The molecule has 1 aliphatic heterocycles. The normalized spacial score (nSPS) is 15.9. The van der Waals surface area contributed by atoms with Gasteiger partial charge in [0.1, 0.15) is 12.4 Å². The van der Waals surface area contributed by atoms with Crippen LogP contribution in [0.1, 0.15) is 18.7 Å². The van der Waals surface area contributed by atoms with E-state index in [2.05, 4.69) is 26.9 Å². The number of carbonyl (C=O) groups is 1. The van der Waals surface area contributed by atoms with Gasteiger partial charge in [-0.1, -0.05) is 17.8 Å². The Kier molecular flexibility index (Phi) is 7.99. The maximum absolute atomic E-state index is 12.9. The third-order valence-corrected chi connectivity index (χ3v) is 5.83. The van der Waals surface area contributed by atoms with Gasteiger partial charge in [-0.2, -0.15) is 4.98 Å². The summed E-state index contributed by atoms with van der Waals surface area (Å²) in [6, 6.07) is 12.8. The Balaban J connectivity index is 1.34. The highest BCUT2D eigenvalue weighted by Gasteiger charge is 2.27. The van der Waals surface area contributed by atoms with Gasteiger partial charge in [0.25, 0.3) is 0 Å². The summed E-state index contributed by atoms with van der Waals surface area (Å²) in [5, 5.41) is 7.12. The minimum absolute atomic E-state index is 0.00556. The van der Waals surface area contributed by atoms with Gasteiger partial charge in [0.05, 0.1) is 26.7 Å². The van der Waals surface area contributed by atoms with Crippen LogP contribution in [0.3, 0.4) is 0 Å². The molecule has 4 rings (SSSR count). The lowest BCUT2D eigenvalue weighted by molar-refractivity contribution is -0.121. The van der Waals surface area contributed by atoms with E-state index in [0.717, 1.165) is 36.4 Å². The first-order valence-electron chi connectivity index (χ1n) is 11.5. The Hall–Kier alpha value is -3.85. The van der Waals surface area contributed by atoms with Crippen molar-refractivity contribution in [3.8, 4) is 28.6 Å². The molecule has 1 saturated heterocycles. The molecule has 2 heterocycles. The van der Waals surface area contributed by atoms with Gasteiger partial charge in [0.2, 0.25) is 17.6 Å². The van der Waals surface area contributed by atoms with Crippen LogP contribution in [0.5, 0.6) is 17.2 Å². The molecule has 1 atom stereocenters. The van der Waals surface area contributed by atoms with Crippen LogP contribution in [0.2, 0.25) is 0 Å². The fraction of sp³-hybridized carbons (Fsp3) is 0.346. The predicted molar refractivity (Wildman–Crippen MR) is 132 cm³/mol. The summed E-state index contributed by atoms with van der Waals surface area (Å²) in [6.07, 6.45) is 3.45. The number of likely N-dealkylation sites (tertiary alicyclic amines) is 1. The molecule has 3 aromatic rings. The second kappa shape index (κ2) is 11.5. The number of hydrogen-bond acceptors (Lipinski definition) is 8. The van der Waals surface area contributed by atoms with E-state index >= 15 is 0 Å².